The molecule has 0 aromatic heterocycles. The predicted molar refractivity (Wildman–Crippen MR) is 117 cm³/mol. The van der Waals surface area contributed by atoms with E-state index in [1.807, 2.05) is 25.1 Å². The highest BCUT2D eigenvalue weighted by Crippen LogP contribution is 2.19. The Morgan fingerprint density at radius 2 is 1.93 bits per heavy atom. The van der Waals surface area contributed by atoms with Gasteiger partial charge in [0, 0.05) is 13.1 Å². The third kappa shape index (κ3) is 8.13. The molecular formula is C20H27FIN3O2. The molecule has 0 aliphatic carbocycles. The van der Waals surface area contributed by atoms with Crippen molar-refractivity contribution in [3.63, 3.8) is 0 Å². The van der Waals surface area contributed by atoms with Crippen molar-refractivity contribution in [1.29, 1.82) is 0 Å². The van der Waals surface area contributed by atoms with Gasteiger partial charge in [-0.15, -0.1) is 24.0 Å². The molecule has 0 radical (unpaired) electrons. The molecule has 2 rings (SSSR count). The minimum absolute atomic E-state index is 0. The van der Waals surface area contributed by atoms with Crippen molar-refractivity contribution in [3.8, 4) is 5.75 Å². The summed E-state index contributed by atoms with van der Waals surface area (Å²) < 4.78 is 18.1. The summed E-state index contributed by atoms with van der Waals surface area (Å²) in [5.74, 6) is 1.11. The second kappa shape index (κ2) is 12.5. The number of aliphatic imine (C=N–C) groups is 1. The monoisotopic (exact) mass is 487 g/mol. The topological polar surface area (TPSA) is 65.9 Å². The molecule has 0 bridgehead atoms. The molecule has 1 atom stereocenters. The van der Waals surface area contributed by atoms with Crippen molar-refractivity contribution in [2.24, 2.45) is 4.99 Å². The van der Waals surface area contributed by atoms with Gasteiger partial charge < -0.3 is 20.5 Å². The number of aliphatic hydroxyl groups is 1. The number of halogens is 2. The number of benzene rings is 2. The fourth-order valence-electron chi connectivity index (χ4n) is 2.45. The molecule has 0 saturated carbocycles. The number of hydrogen-bond acceptors (Lipinski definition) is 3. The van der Waals surface area contributed by atoms with Crippen molar-refractivity contribution in [2.45, 2.75) is 19.4 Å². The summed E-state index contributed by atoms with van der Waals surface area (Å²) in [6.45, 7) is 3.60. The van der Waals surface area contributed by atoms with E-state index in [1.165, 1.54) is 12.1 Å². The summed E-state index contributed by atoms with van der Waals surface area (Å²) >= 11 is 0. The highest BCUT2D eigenvalue weighted by Gasteiger charge is 2.08. The van der Waals surface area contributed by atoms with Gasteiger partial charge in [0.15, 0.2) is 5.96 Å². The normalized spacial score (nSPS) is 12.1. The number of nitrogens with zero attached hydrogens (tertiary/aromatic N) is 1. The second-order valence-corrected chi connectivity index (χ2v) is 5.82. The first kappa shape index (κ1) is 23.2. The molecule has 0 amide bonds. The Hall–Kier alpha value is -1.87. The maximum Gasteiger partial charge on any atom is 0.191 e. The van der Waals surface area contributed by atoms with Gasteiger partial charge in [0.25, 0.3) is 0 Å². The van der Waals surface area contributed by atoms with Crippen LogP contribution in [0, 0.1) is 5.82 Å². The first-order chi connectivity index (χ1) is 12.6. The van der Waals surface area contributed by atoms with Crippen molar-refractivity contribution >= 4 is 29.9 Å². The minimum atomic E-state index is -0.711. The molecular weight excluding hydrogens is 460 g/mol. The lowest BCUT2D eigenvalue weighted by Gasteiger charge is -2.14. The zero-order valence-corrected chi connectivity index (χ0v) is 17.9. The van der Waals surface area contributed by atoms with E-state index in [1.54, 1.807) is 25.3 Å². The quantitative estimate of drug-likeness (QED) is 0.304. The Bertz CT molecular complexity index is 711. The molecule has 5 nitrogen and oxygen atoms in total. The van der Waals surface area contributed by atoms with E-state index in [0.717, 1.165) is 24.1 Å². The Balaban J connectivity index is 0.00000364. The Morgan fingerprint density at radius 3 is 2.59 bits per heavy atom. The van der Waals surface area contributed by atoms with Crippen LogP contribution in [0.5, 0.6) is 5.75 Å². The third-order valence-corrected chi connectivity index (χ3v) is 3.86. The number of aliphatic hydroxyl groups excluding tert-OH is 1. The summed E-state index contributed by atoms with van der Waals surface area (Å²) in [6, 6.07) is 13.8. The van der Waals surface area contributed by atoms with Crippen LogP contribution >= 0.6 is 24.0 Å². The van der Waals surface area contributed by atoms with Crippen LogP contribution in [-0.2, 0) is 6.42 Å². The fraction of sp³-hybridized carbons (Fsp3) is 0.350. The van der Waals surface area contributed by atoms with Crippen molar-refractivity contribution < 1.29 is 14.2 Å². The Morgan fingerprint density at radius 1 is 1.19 bits per heavy atom. The summed E-state index contributed by atoms with van der Waals surface area (Å²) in [4.78, 5) is 4.43. The average Bonchev–Trinajstić information content (AvgIpc) is 2.67. The average molecular weight is 487 g/mol. The lowest BCUT2D eigenvalue weighted by Crippen LogP contribution is -2.38. The molecule has 0 aliphatic heterocycles. The van der Waals surface area contributed by atoms with Gasteiger partial charge in [-0.3, -0.25) is 4.99 Å². The van der Waals surface area contributed by atoms with Crippen LogP contribution in [0.25, 0.3) is 0 Å². The van der Waals surface area contributed by atoms with Gasteiger partial charge in [0.05, 0.1) is 19.8 Å². The van der Waals surface area contributed by atoms with E-state index >= 15 is 0 Å². The number of ether oxygens (including phenoxy) is 1. The first-order valence-electron chi connectivity index (χ1n) is 8.71. The van der Waals surface area contributed by atoms with Gasteiger partial charge >= 0.3 is 0 Å². The molecule has 0 spiro atoms. The molecule has 27 heavy (non-hydrogen) atoms. The molecule has 0 heterocycles. The number of methoxy groups -OCH3 is 1. The lowest BCUT2D eigenvalue weighted by molar-refractivity contribution is 0.186. The summed E-state index contributed by atoms with van der Waals surface area (Å²) in [5.41, 5.74) is 1.81. The third-order valence-electron chi connectivity index (χ3n) is 3.86. The van der Waals surface area contributed by atoms with Gasteiger partial charge in [0.1, 0.15) is 11.6 Å². The van der Waals surface area contributed by atoms with Gasteiger partial charge in [-0.1, -0.05) is 24.3 Å². The maximum atomic E-state index is 12.9. The van der Waals surface area contributed by atoms with Crippen LogP contribution in [0.1, 0.15) is 24.2 Å². The van der Waals surface area contributed by atoms with E-state index in [2.05, 4.69) is 15.6 Å². The first-order valence-corrected chi connectivity index (χ1v) is 8.71. The lowest BCUT2D eigenvalue weighted by atomic mass is 10.1. The molecule has 3 N–H and O–H groups in total. The van der Waals surface area contributed by atoms with Crippen LogP contribution in [-0.4, -0.2) is 37.8 Å². The van der Waals surface area contributed by atoms with E-state index in [0.29, 0.717) is 18.3 Å². The van der Waals surface area contributed by atoms with Crippen LogP contribution in [0.2, 0.25) is 0 Å². The van der Waals surface area contributed by atoms with Crippen LogP contribution in [0.15, 0.2) is 53.5 Å². The van der Waals surface area contributed by atoms with Gasteiger partial charge in [0.2, 0.25) is 0 Å². The van der Waals surface area contributed by atoms with Crippen molar-refractivity contribution in [3.05, 3.63) is 65.5 Å². The smallest absolute Gasteiger partial charge is 0.191 e. The molecule has 2 aromatic carbocycles. The standard InChI is InChI=1S/C20H26FN3O2.HI/c1-3-22-20(23-12-11-15-7-9-17(21)10-8-15)24-14-19(25)16-5-4-6-18(13-16)26-2;/h4-10,13,19,25H,3,11-12,14H2,1-2H3,(H2,22,23,24);1H. The van der Waals surface area contributed by atoms with Gasteiger partial charge in [-0.2, -0.15) is 0 Å². The molecule has 1 unspecified atom stereocenters. The molecule has 0 aliphatic rings. The Kier molecular flexibility index (Phi) is 10.7. The van der Waals surface area contributed by atoms with Crippen molar-refractivity contribution in [1.82, 2.24) is 10.6 Å². The van der Waals surface area contributed by atoms with Crippen LogP contribution in [0.3, 0.4) is 0 Å². The zero-order valence-electron chi connectivity index (χ0n) is 15.6. The number of hydrogen-bond donors (Lipinski definition) is 3. The highest BCUT2D eigenvalue weighted by molar-refractivity contribution is 14.0. The number of nitrogens with one attached hydrogen (secondary N) is 2. The zero-order chi connectivity index (χ0) is 18.8. The molecule has 148 valence electrons. The van der Waals surface area contributed by atoms with E-state index in [4.69, 9.17) is 4.74 Å². The number of rotatable bonds is 8. The summed E-state index contributed by atoms with van der Waals surface area (Å²) in [5, 5.41) is 16.7. The predicted octanol–water partition coefficient (Wildman–Crippen LogP) is 3.28. The van der Waals surface area contributed by atoms with E-state index in [9.17, 15) is 9.50 Å². The van der Waals surface area contributed by atoms with Crippen LogP contribution < -0.4 is 15.4 Å². The van der Waals surface area contributed by atoms with Gasteiger partial charge in [-0.05, 0) is 48.7 Å². The van der Waals surface area contributed by atoms with Crippen molar-refractivity contribution in [2.75, 3.05) is 26.7 Å². The maximum absolute atomic E-state index is 12.9. The molecule has 7 heteroatoms. The highest BCUT2D eigenvalue weighted by atomic mass is 127. The summed E-state index contributed by atoms with van der Waals surface area (Å²) in [6.07, 6.45) is 0.0426. The molecule has 0 fully saturated rings. The molecule has 2 aromatic rings. The fourth-order valence-corrected chi connectivity index (χ4v) is 2.45. The van der Waals surface area contributed by atoms with Gasteiger partial charge in [-0.25, -0.2) is 4.39 Å². The summed E-state index contributed by atoms with van der Waals surface area (Å²) in [7, 11) is 1.60. The number of guanidine groups is 1. The minimum Gasteiger partial charge on any atom is -0.497 e. The van der Waals surface area contributed by atoms with E-state index in [-0.39, 0.29) is 36.3 Å². The Labute approximate surface area is 177 Å². The second-order valence-electron chi connectivity index (χ2n) is 5.82. The van der Waals surface area contributed by atoms with Crippen LogP contribution in [0.4, 0.5) is 4.39 Å². The largest absolute Gasteiger partial charge is 0.497 e. The molecule has 0 saturated heterocycles. The SMILES string of the molecule is CCNC(=NCC(O)c1cccc(OC)c1)NCCc1ccc(F)cc1.I. The van der Waals surface area contributed by atoms with E-state index < -0.39 is 6.10 Å².